The van der Waals surface area contributed by atoms with Crippen LogP contribution in [0.2, 0.25) is 0 Å². The molecule has 3 aliphatic rings. The van der Waals surface area contributed by atoms with E-state index in [0.29, 0.717) is 17.4 Å². The first-order chi connectivity index (χ1) is 11.7. The number of likely N-dealkylation sites (tertiary alicyclic amines) is 1. The van der Waals surface area contributed by atoms with Gasteiger partial charge in [0.2, 0.25) is 0 Å². The van der Waals surface area contributed by atoms with E-state index in [4.69, 9.17) is 0 Å². The van der Waals surface area contributed by atoms with E-state index in [-0.39, 0.29) is 5.91 Å². The van der Waals surface area contributed by atoms with Crippen molar-refractivity contribution in [2.75, 3.05) is 25.5 Å². The Hall–Kier alpha value is -2.60. The van der Waals surface area contributed by atoms with Crippen molar-refractivity contribution < 1.29 is 4.79 Å². The first kappa shape index (κ1) is 15.0. The molecule has 124 valence electrons. The minimum atomic E-state index is -0.158. The number of hydrogen-bond donors (Lipinski definition) is 3. The third kappa shape index (κ3) is 2.80. The van der Waals surface area contributed by atoms with Gasteiger partial charge in [0.15, 0.2) is 0 Å². The lowest BCUT2D eigenvalue weighted by molar-refractivity contribution is 0.102. The van der Waals surface area contributed by atoms with Crippen molar-refractivity contribution in [1.29, 1.82) is 0 Å². The number of aromatic amines is 2. The van der Waals surface area contributed by atoms with Crippen LogP contribution in [0.1, 0.15) is 34.8 Å². The van der Waals surface area contributed by atoms with Crippen molar-refractivity contribution in [3.05, 3.63) is 47.9 Å². The molecule has 3 aliphatic heterocycles. The number of pyridine rings is 1. The lowest BCUT2D eigenvalue weighted by Crippen LogP contribution is -2.29. The van der Waals surface area contributed by atoms with Gasteiger partial charge in [0.1, 0.15) is 11.5 Å². The van der Waals surface area contributed by atoms with Gasteiger partial charge < -0.3 is 20.2 Å². The Morgan fingerprint density at radius 3 is 2.88 bits per heavy atom. The number of fused-ring (bicyclic) bond motifs is 1. The van der Waals surface area contributed by atoms with E-state index in [0.717, 1.165) is 37.3 Å². The fourth-order valence-electron chi connectivity index (χ4n) is 3.38. The van der Waals surface area contributed by atoms with Gasteiger partial charge in [-0.1, -0.05) is 0 Å². The van der Waals surface area contributed by atoms with Gasteiger partial charge in [-0.2, -0.15) is 0 Å². The van der Waals surface area contributed by atoms with Crippen LogP contribution < -0.4 is 5.32 Å². The Morgan fingerprint density at radius 1 is 1.29 bits per heavy atom. The second-order valence-electron chi connectivity index (χ2n) is 6.46. The predicted octanol–water partition coefficient (Wildman–Crippen LogP) is 2.90. The fraction of sp³-hybridized carbons (Fsp3) is 0.333. The summed E-state index contributed by atoms with van der Waals surface area (Å²) in [6.07, 6.45) is 6.00. The zero-order valence-corrected chi connectivity index (χ0v) is 13.7. The van der Waals surface area contributed by atoms with Gasteiger partial charge >= 0.3 is 0 Å². The molecule has 0 saturated carbocycles. The van der Waals surface area contributed by atoms with Crippen LogP contribution in [0.5, 0.6) is 0 Å². The number of hydrogen-bond acceptors (Lipinski definition) is 3. The third-order valence-electron chi connectivity index (χ3n) is 4.80. The highest BCUT2D eigenvalue weighted by Gasteiger charge is 2.24. The number of carbonyl (C=O) groups excluding carboxylic acids is 1. The number of amides is 1. The summed E-state index contributed by atoms with van der Waals surface area (Å²) in [4.78, 5) is 25.5. The van der Waals surface area contributed by atoms with Gasteiger partial charge in [-0.25, -0.2) is 0 Å². The van der Waals surface area contributed by atoms with E-state index in [1.807, 2.05) is 24.4 Å². The van der Waals surface area contributed by atoms with Gasteiger partial charge in [-0.3, -0.25) is 9.78 Å². The highest BCUT2D eigenvalue weighted by Crippen LogP contribution is 2.35. The number of rotatable bonds is 3. The van der Waals surface area contributed by atoms with Crippen LogP contribution in [0.15, 0.2) is 36.7 Å². The fourth-order valence-corrected chi connectivity index (χ4v) is 3.38. The summed E-state index contributed by atoms with van der Waals surface area (Å²) in [5.41, 5.74) is 3.68. The summed E-state index contributed by atoms with van der Waals surface area (Å²) < 4.78 is 0. The van der Waals surface area contributed by atoms with Crippen molar-refractivity contribution >= 4 is 11.7 Å². The topological polar surface area (TPSA) is 76.8 Å². The Morgan fingerprint density at radius 2 is 2.12 bits per heavy atom. The Labute approximate surface area is 140 Å². The number of nitrogens with one attached hydrogen (secondary N) is 3. The molecule has 1 aromatic heterocycles. The zero-order chi connectivity index (χ0) is 16.5. The number of piperidine rings is 1. The van der Waals surface area contributed by atoms with Crippen molar-refractivity contribution in [3.8, 4) is 11.4 Å². The van der Waals surface area contributed by atoms with Gasteiger partial charge in [-0.15, -0.1) is 0 Å². The number of aromatic nitrogens is 3. The Bertz CT molecular complexity index is 799. The molecule has 6 heteroatoms. The van der Waals surface area contributed by atoms with Gasteiger partial charge in [0, 0.05) is 12.4 Å². The molecule has 3 N–H and O–H groups in total. The number of H-pyrrole nitrogens is 2. The van der Waals surface area contributed by atoms with Crippen molar-refractivity contribution in [2.45, 2.75) is 18.8 Å². The van der Waals surface area contributed by atoms with E-state index in [2.05, 4.69) is 32.2 Å². The normalized spacial score (nSPS) is 16.5. The molecule has 1 saturated heterocycles. The molecule has 0 aromatic carbocycles. The summed E-state index contributed by atoms with van der Waals surface area (Å²) >= 11 is 0. The summed E-state index contributed by atoms with van der Waals surface area (Å²) in [6, 6.07) is 7.37. The Kier molecular flexibility index (Phi) is 3.82. The molecule has 4 heterocycles. The molecule has 1 amide bonds. The average Bonchev–Trinajstić information content (AvgIpc) is 3.24. The SMILES string of the molecule is CN1CCC(c2cnc3ccc(C(=O)Nc4ccc[nH]4)[nH]c2-3)CC1. The Balaban J connectivity index is 1.60. The lowest BCUT2D eigenvalue weighted by atomic mass is 9.89. The molecular weight excluding hydrogens is 302 g/mol. The smallest absolute Gasteiger partial charge is 0.273 e. The number of anilines is 1. The van der Waals surface area contributed by atoms with E-state index in [9.17, 15) is 4.79 Å². The first-order valence-electron chi connectivity index (χ1n) is 8.31. The highest BCUT2D eigenvalue weighted by atomic mass is 16.1. The van der Waals surface area contributed by atoms with E-state index >= 15 is 0 Å². The lowest BCUT2D eigenvalue weighted by Gasteiger charge is -2.29. The highest BCUT2D eigenvalue weighted by molar-refractivity contribution is 6.02. The summed E-state index contributed by atoms with van der Waals surface area (Å²) in [5, 5.41) is 2.85. The molecule has 6 nitrogen and oxygen atoms in total. The van der Waals surface area contributed by atoms with Gasteiger partial charge in [0.05, 0.1) is 11.4 Å². The molecule has 0 atom stereocenters. The molecule has 1 aromatic rings. The summed E-state index contributed by atoms with van der Waals surface area (Å²) in [5.74, 6) is 1.03. The van der Waals surface area contributed by atoms with Crippen molar-refractivity contribution in [3.63, 3.8) is 0 Å². The monoisotopic (exact) mass is 323 g/mol. The van der Waals surface area contributed by atoms with Crippen LogP contribution in [0.25, 0.3) is 11.4 Å². The molecule has 4 rings (SSSR count). The first-order valence-corrected chi connectivity index (χ1v) is 8.31. The van der Waals surface area contributed by atoms with Crippen LogP contribution in [-0.4, -0.2) is 45.9 Å². The van der Waals surface area contributed by atoms with Gasteiger partial charge in [0.25, 0.3) is 5.91 Å². The minimum Gasteiger partial charge on any atom is -0.349 e. The maximum absolute atomic E-state index is 12.4. The molecule has 1 fully saturated rings. The molecule has 0 aliphatic carbocycles. The maximum Gasteiger partial charge on any atom is 0.273 e. The largest absolute Gasteiger partial charge is 0.349 e. The molecule has 0 radical (unpaired) electrons. The number of nitrogens with zero attached hydrogens (tertiary/aromatic N) is 2. The average molecular weight is 323 g/mol. The molecule has 24 heavy (non-hydrogen) atoms. The summed E-state index contributed by atoms with van der Waals surface area (Å²) in [6.45, 7) is 2.20. The van der Waals surface area contributed by atoms with Crippen molar-refractivity contribution in [2.24, 2.45) is 0 Å². The van der Waals surface area contributed by atoms with E-state index < -0.39 is 0 Å². The molecule has 0 unspecified atom stereocenters. The maximum atomic E-state index is 12.4. The predicted molar refractivity (Wildman–Crippen MR) is 93.4 cm³/mol. The minimum absolute atomic E-state index is 0.158. The number of carbonyl (C=O) groups is 1. The second kappa shape index (κ2) is 6.13. The van der Waals surface area contributed by atoms with E-state index in [1.54, 1.807) is 12.3 Å². The third-order valence-corrected chi connectivity index (χ3v) is 4.80. The van der Waals surface area contributed by atoms with Crippen molar-refractivity contribution in [1.82, 2.24) is 19.9 Å². The van der Waals surface area contributed by atoms with Crippen LogP contribution in [-0.2, 0) is 0 Å². The van der Waals surface area contributed by atoms with Crippen LogP contribution in [0.4, 0.5) is 5.82 Å². The van der Waals surface area contributed by atoms with Crippen LogP contribution >= 0.6 is 0 Å². The molecular formula is C18H21N5O. The molecule has 0 bridgehead atoms. The quantitative estimate of drug-likeness (QED) is 0.693. The van der Waals surface area contributed by atoms with Crippen LogP contribution in [0, 0.1) is 0 Å². The molecule has 0 spiro atoms. The zero-order valence-electron chi connectivity index (χ0n) is 13.7. The van der Waals surface area contributed by atoms with Crippen LogP contribution in [0.3, 0.4) is 0 Å². The second-order valence-corrected chi connectivity index (χ2v) is 6.46. The standard InChI is InChI=1S/C18H21N5O/c1-23-9-6-12(7-10-23)13-11-20-14-4-5-15(21-17(13)14)18(24)22-16-3-2-8-19-16/h2-5,8,11-12,19,21H,6-7,9-10H2,1H3,(H,22,24). The van der Waals surface area contributed by atoms with E-state index in [1.165, 1.54) is 5.56 Å². The summed E-state index contributed by atoms with van der Waals surface area (Å²) in [7, 11) is 2.16. The van der Waals surface area contributed by atoms with Gasteiger partial charge in [-0.05, 0) is 68.7 Å².